The van der Waals surface area contributed by atoms with E-state index in [1.54, 1.807) is 11.6 Å². The van der Waals surface area contributed by atoms with Gasteiger partial charge in [0, 0.05) is 30.1 Å². The highest BCUT2D eigenvalue weighted by Gasteiger charge is 2.31. The Morgan fingerprint density at radius 2 is 2.24 bits per heavy atom. The van der Waals surface area contributed by atoms with E-state index in [0.717, 1.165) is 30.5 Å². The molecule has 0 saturated heterocycles. The van der Waals surface area contributed by atoms with Crippen LogP contribution in [-0.4, -0.2) is 34.8 Å². The second-order valence-corrected chi connectivity index (χ2v) is 5.19. The lowest BCUT2D eigenvalue weighted by Crippen LogP contribution is -2.21. The molecule has 1 heterocycles. The summed E-state index contributed by atoms with van der Waals surface area (Å²) in [5.74, 6) is -0.689. The SMILES string of the molecule is CCOC(=O)c1nn(CCC(N)=O)c2c1C(CN)CCC2. The summed E-state index contributed by atoms with van der Waals surface area (Å²) in [5.41, 5.74) is 13.2. The lowest BCUT2D eigenvalue weighted by Gasteiger charge is -2.22. The molecule has 1 aromatic rings. The number of aromatic nitrogens is 2. The summed E-state index contributed by atoms with van der Waals surface area (Å²) in [6.45, 7) is 2.92. The maximum Gasteiger partial charge on any atom is 0.359 e. The largest absolute Gasteiger partial charge is 0.461 e. The van der Waals surface area contributed by atoms with E-state index in [9.17, 15) is 9.59 Å². The minimum absolute atomic E-state index is 0.121. The Morgan fingerprint density at radius 1 is 1.48 bits per heavy atom. The maximum absolute atomic E-state index is 12.1. The van der Waals surface area contributed by atoms with Crippen molar-refractivity contribution in [1.82, 2.24) is 9.78 Å². The fraction of sp³-hybridized carbons (Fsp3) is 0.643. The molecule has 0 aromatic carbocycles. The number of fused-ring (bicyclic) bond motifs is 1. The standard InChI is InChI=1S/C14H22N4O3/c1-2-21-14(20)13-12-9(8-15)4-3-5-10(12)18(17-13)7-6-11(16)19/h9H,2-8,15H2,1H3,(H2,16,19). The Morgan fingerprint density at radius 3 is 2.86 bits per heavy atom. The number of hydrogen-bond acceptors (Lipinski definition) is 5. The summed E-state index contributed by atoms with van der Waals surface area (Å²) in [5, 5.41) is 4.36. The molecular formula is C14H22N4O3. The molecular weight excluding hydrogens is 272 g/mol. The molecule has 1 aromatic heterocycles. The molecule has 21 heavy (non-hydrogen) atoms. The predicted molar refractivity (Wildman–Crippen MR) is 76.7 cm³/mol. The van der Waals surface area contributed by atoms with Gasteiger partial charge in [-0.15, -0.1) is 0 Å². The van der Waals surface area contributed by atoms with Crippen LogP contribution in [0.15, 0.2) is 0 Å². The van der Waals surface area contributed by atoms with E-state index in [2.05, 4.69) is 5.10 Å². The number of nitrogens with two attached hydrogens (primary N) is 2. The van der Waals surface area contributed by atoms with E-state index in [0.29, 0.717) is 25.4 Å². The van der Waals surface area contributed by atoms with E-state index < -0.39 is 5.97 Å². The van der Waals surface area contributed by atoms with Crippen LogP contribution in [0, 0.1) is 0 Å². The van der Waals surface area contributed by atoms with Gasteiger partial charge >= 0.3 is 5.97 Å². The Kier molecular flexibility index (Phi) is 4.95. The molecule has 7 nitrogen and oxygen atoms in total. The van der Waals surface area contributed by atoms with Crippen LogP contribution in [0.25, 0.3) is 0 Å². The molecule has 1 atom stereocenters. The van der Waals surface area contributed by atoms with Crippen LogP contribution >= 0.6 is 0 Å². The van der Waals surface area contributed by atoms with Gasteiger partial charge in [-0.2, -0.15) is 5.10 Å². The molecule has 0 fully saturated rings. The number of aryl methyl sites for hydroxylation is 1. The Bertz CT molecular complexity index is 539. The van der Waals surface area contributed by atoms with Crippen molar-refractivity contribution in [3.63, 3.8) is 0 Å². The highest BCUT2D eigenvalue weighted by Crippen LogP contribution is 2.34. The molecule has 2 rings (SSSR count). The molecule has 0 bridgehead atoms. The van der Waals surface area contributed by atoms with Gasteiger partial charge in [-0.25, -0.2) is 4.79 Å². The van der Waals surface area contributed by atoms with Gasteiger partial charge in [0.15, 0.2) is 5.69 Å². The zero-order valence-electron chi connectivity index (χ0n) is 12.3. The number of esters is 1. The van der Waals surface area contributed by atoms with Gasteiger partial charge in [-0.1, -0.05) is 0 Å². The number of amides is 1. The molecule has 7 heteroatoms. The molecule has 1 aliphatic carbocycles. The summed E-state index contributed by atoms with van der Waals surface area (Å²) in [4.78, 5) is 23.1. The Balaban J connectivity index is 2.39. The topological polar surface area (TPSA) is 113 Å². The zero-order chi connectivity index (χ0) is 15.4. The first-order chi connectivity index (χ1) is 10.1. The first-order valence-corrected chi connectivity index (χ1v) is 7.33. The van der Waals surface area contributed by atoms with E-state index in [4.69, 9.17) is 16.2 Å². The second kappa shape index (κ2) is 6.71. The number of nitrogens with zero attached hydrogens (tertiary/aromatic N) is 2. The first kappa shape index (κ1) is 15.5. The Hall–Kier alpha value is -1.89. The minimum Gasteiger partial charge on any atom is -0.461 e. The van der Waals surface area contributed by atoms with Crippen LogP contribution < -0.4 is 11.5 Å². The monoisotopic (exact) mass is 294 g/mol. The average Bonchev–Trinajstić information content (AvgIpc) is 2.84. The second-order valence-electron chi connectivity index (χ2n) is 5.19. The van der Waals surface area contributed by atoms with Crippen LogP contribution in [0.1, 0.15) is 53.8 Å². The third-order valence-corrected chi connectivity index (χ3v) is 3.80. The van der Waals surface area contributed by atoms with Crippen LogP contribution in [0.4, 0.5) is 0 Å². The van der Waals surface area contributed by atoms with Crippen molar-refractivity contribution < 1.29 is 14.3 Å². The molecule has 1 aliphatic rings. The van der Waals surface area contributed by atoms with Gasteiger partial charge < -0.3 is 16.2 Å². The quantitative estimate of drug-likeness (QED) is 0.733. The van der Waals surface area contributed by atoms with Gasteiger partial charge in [-0.05, 0) is 32.7 Å². The molecule has 1 amide bonds. The Labute approximate surface area is 123 Å². The van der Waals surface area contributed by atoms with Crippen LogP contribution in [0.5, 0.6) is 0 Å². The van der Waals surface area contributed by atoms with Crippen molar-refractivity contribution in [2.75, 3.05) is 13.2 Å². The van der Waals surface area contributed by atoms with E-state index in [1.165, 1.54) is 0 Å². The summed E-state index contributed by atoms with van der Waals surface area (Å²) in [7, 11) is 0. The van der Waals surface area contributed by atoms with E-state index in [1.807, 2.05) is 0 Å². The van der Waals surface area contributed by atoms with Crippen molar-refractivity contribution in [3.8, 4) is 0 Å². The summed E-state index contributed by atoms with van der Waals surface area (Å²) >= 11 is 0. The van der Waals surface area contributed by atoms with Crippen molar-refractivity contribution in [2.24, 2.45) is 11.5 Å². The average molecular weight is 294 g/mol. The van der Waals surface area contributed by atoms with Crippen LogP contribution in [-0.2, 0) is 22.5 Å². The summed E-state index contributed by atoms with van der Waals surface area (Å²) in [6.07, 6.45) is 2.97. The number of hydrogen-bond donors (Lipinski definition) is 2. The molecule has 116 valence electrons. The normalized spacial score (nSPS) is 17.3. The van der Waals surface area contributed by atoms with E-state index >= 15 is 0 Å². The van der Waals surface area contributed by atoms with Gasteiger partial charge in [0.1, 0.15) is 0 Å². The molecule has 0 aliphatic heterocycles. The molecule has 4 N–H and O–H groups in total. The van der Waals surface area contributed by atoms with Gasteiger partial charge in [-0.3, -0.25) is 9.48 Å². The first-order valence-electron chi connectivity index (χ1n) is 7.33. The number of ether oxygens (including phenoxy) is 1. The molecule has 1 unspecified atom stereocenters. The predicted octanol–water partition coefficient (Wildman–Crippen LogP) is 0.314. The number of primary amides is 1. The van der Waals surface area contributed by atoms with Crippen molar-refractivity contribution in [1.29, 1.82) is 0 Å². The third kappa shape index (κ3) is 3.24. The third-order valence-electron chi connectivity index (χ3n) is 3.80. The summed E-state index contributed by atoms with van der Waals surface area (Å²) in [6, 6.07) is 0. The lowest BCUT2D eigenvalue weighted by atomic mass is 9.85. The van der Waals surface area contributed by atoms with Gasteiger partial charge in [0.05, 0.1) is 6.61 Å². The van der Waals surface area contributed by atoms with Gasteiger partial charge in [0.2, 0.25) is 5.91 Å². The lowest BCUT2D eigenvalue weighted by molar-refractivity contribution is -0.118. The highest BCUT2D eigenvalue weighted by molar-refractivity contribution is 5.89. The maximum atomic E-state index is 12.1. The molecule has 0 radical (unpaired) electrons. The van der Waals surface area contributed by atoms with Crippen LogP contribution in [0.3, 0.4) is 0 Å². The fourth-order valence-corrected chi connectivity index (χ4v) is 2.85. The van der Waals surface area contributed by atoms with Crippen LogP contribution in [0.2, 0.25) is 0 Å². The summed E-state index contributed by atoms with van der Waals surface area (Å²) < 4.78 is 6.79. The molecule has 0 saturated carbocycles. The number of rotatable bonds is 6. The molecule has 0 spiro atoms. The van der Waals surface area contributed by atoms with Crippen molar-refractivity contribution in [3.05, 3.63) is 17.0 Å². The van der Waals surface area contributed by atoms with Crippen molar-refractivity contribution in [2.45, 2.75) is 45.1 Å². The number of carbonyl (C=O) groups excluding carboxylic acids is 2. The fourth-order valence-electron chi connectivity index (χ4n) is 2.85. The van der Waals surface area contributed by atoms with Crippen molar-refractivity contribution >= 4 is 11.9 Å². The minimum atomic E-state index is -0.424. The van der Waals surface area contributed by atoms with Gasteiger partial charge in [0.25, 0.3) is 0 Å². The van der Waals surface area contributed by atoms with E-state index in [-0.39, 0.29) is 18.2 Å². The highest BCUT2D eigenvalue weighted by atomic mass is 16.5. The zero-order valence-corrected chi connectivity index (χ0v) is 12.3. The number of carbonyl (C=O) groups is 2. The smallest absolute Gasteiger partial charge is 0.359 e.